The molecule has 1 aromatic carbocycles. The van der Waals surface area contributed by atoms with Gasteiger partial charge in [-0.2, -0.15) is 0 Å². The largest absolute Gasteiger partial charge is 0.478 e. The lowest BCUT2D eigenvalue weighted by molar-refractivity contribution is 0.0696. The van der Waals surface area contributed by atoms with Gasteiger partial charge < -0.3 is 15.7 Å². The maximum Gasteiger partial charge on any atom is 0.335 e. The molecule has 18 heavy (non-hydrogen) atoms. The van der Waals surface area contributed by atoms with Crippen LogP contribution in [0.4, 0.5) is 4.79 Å². The zero-order chi connectivity index (χ0) is 13.5. The quantitative estimate of drug-likeness (QED) is 0.779. The van der Waals surface area contributed by atoms with Gasteiger partial charge >= 0.3 is 12.0 Å². The molecule has 0 aromatic heterocycles. The third-order valence-electron chi connectivity index (χ3n) is 2.07. The molecule has 0 aliphatic heterocycles. The molecule has 0 spiro atoms. The Labute approximate surface area is 113 Å². The minimum absolute atomic E-state index is 0.198. The van der Waals surface area contributed by atoms with E-state index < -0.39 is 5.97 Å². The summed E-state index contributed by atoms with van der Waals surface area (Å²) in [7, 11) is 0. The van der Waals surface area contributed by atoms with Crippen LogP contribution < -0.4 is 10.6 Å². The van der Waals surface area contributed by atoms with Crippen molar-refractivity contribution in [3.63, 3.8) is 0 Å². The molecular weight excluding hydrogens is 300 g/mol. The fraction of sp³-hybridized carbons (Fsp3) is 0.167. The van der Waals surface area contributed by atoms with E-state index in [1.54, 1.807) is 12.1 Å². The van der Waals surface area contributed by atoms with Crippen molar-refractivity contribution in [2.45, 2.75) is 6.54 Å². The molecule has 0 heterocycles. The van der Waals surface area contributed by atoms with E-state index in [2.05, 4.69) is 33.1 Å². The van der Waals surface area contributed by atoms with Gasteiger partial charge in [-0.25, -0.2) is 9.59 Å². The Morgan fingerprint density at radius 2 is 2.06 bits per heavy atom. The zero-order valence-corrected chi connectivity index (χ0v) is 11.2. The summed E-state index contributed by atoms with van der Waals surface area (Å²) in [6, 6.07) is 6.07. The van der Waals surface area contributed by atoms with Gasteiger partial charge in [-0.05, 0) is 17.7 Å². The van der Waals surface area contributed by atoms with Crippen LogP contribution in [-0.4, -0.2) is 23.7 Å². The topological polar surface area (TPSA) is 78.4 Å². The maximum absolute atomic E-state index is 11.3. The normalized spacial score (nSPS) is 9.61. The zero-order valence-electron chi connectivity index (χ0n) is 9.57. The summed E-state index contributed by atoms with van der Waals surface area (Å²) in [5.74, 6) is -0.989. The Bertz CT molecular complexity index is 474. The predicted octanol–water partition coefficient (Wildman–Crippen LogP) is 2.09. The lowest BCUT2D eigenvalue weighted by Gasteiger charge is -2.07. The average molecular weight is 313 g/mol. The number of hydrogen-bond donors (Lipinski definition) is 3. The van der Waals surface area contributed by atoms with Gasteiger partial charge in [0.2, 0.25) is 0 Å². The highest BCUT2D eigenvalue weighted by atomic mass is 79.9. The van der Waals surface area contributed by atoms with Crippen LogP contribution in [0.2, 0.25) is 0 Å². The first-order valence-corrected chi connectivity index (χ1v) is 5.95. The number of urea groups is 1. The van der Waals surface area contributed by atoms with E-state index in [-0.39, 0.29) is 18.1 Å². The summed E-state index contributed by atoms with van der Waals surface area (Å²) in [6.45, 7) is 4.19. The predicted molar refractivity (Wildman–Crippen MR) is 71.7 cm³/mol. The number of nitrogens with one attached hydrogen (secondary N) is 2. The van der Waals surface area contributed by atoms with Crippen molar-refractivity contribution in [1.82, 2.24) is 10.6 Å². The number of halogens is 1. The summed E-state index contributed by atoms with van der Waals surface area (Å²) < 4.78 is 0.672. The number of amides is 2. The molecule has 0 unspecified atom stereocenters. The Morgan fingerprint density at radius 1 is 1.33 bits per heavy atom. The van der Waals surface area contributed by atoms with Crippen molar-refractivity contribution >= 4 is 27.9 Å². The molecule has 0 fully saturated rings. The molecule has 0 bridgehead atoms. The molecule has 1 aromatic rings. The first-order valence-electron chi connectivity index (χ1n) is 5.16. The summed E-state index contributed by atoms with van der Waals surface area (Å²) in [4.78, 5) is 22.1. The average Bonchev–Trinajstić information content (AvgIpc) is 2.34. The van der Waals surface area contributed by atoms with Crippen LogP contribution in [0.1, 0.15) is 15.9 Å². The molecule has 6 heteroatoms. The molecule has 0 atom stereocenters. The minimum atomic E-state index is -0.989. The number of carboxylic acid groups (broad SMARTS) is 1. The first-order chi connectivity index (χ1) is 8.49. The third kappa shape index (κ3) is 5.01. The van der Waals surface area contributed by atoms with Crippen molar-refractivity contribution in [1.29, 1.82) is 0 Å². The highest BCUT2D eigenvalue weighted by Crippen LogP contribution is 2.05. The van der Waals surface area contributed by atoms with E-state index in [1.807, 2.05) is 0 Å². The molecule has 5 nitrogen and oxygen atoms in total. The summed E-state index contributed by atoms with van der Waals surface area (Å²) in [5, 5.41) is 14.0. The van der Waals surface area contributed by atoms with Gasteiger partial charge in [0.05, 0.1) is 12.1 Å². The van der Waals surface area contributed by atoms with Crippen LogP contribution in [0.25, 0.3) is 0 Å². The number of carbonyl (C=O) groups excluding carboxylic acids is 1. The Kier molecular flexibility index (Phi) is 5.38. The number of hydrogen-bond acceptors (Lipinski definition) is 2. The molecule has 3 N–H and O–H groups in total. The summed E-state index contributed by atoms with van der Waals surface area (Å²) in [6.07, 6.45) is 0. The SMILES string of the molecule is C=C(Br)CNC(=O)NCc1cccc(C(=O)O)c1. The Hall–Kier alpha value is -1.82. The van der Waals surface area contributed by atoms with Crippen LogP contribution in [0.3, 0.4) is 0 Å². The van der Waals surface area contributed by atoms with E-state index in [1.165, 1.54) is 12.1 Å². The second-order valence-corrected chi connectivity index (χ2v) is 4.68. The van der Waals surface area contributed by atoms with Crippen molar-refractivity contribution in [3.05, 3.63) is 46.5 Å². The van der Waals surface area contributed by atoms with Crippen LogP contribution in [0.15, 0.2) is 35.3 Å². The highest BCUT2D eigenvalue weighted by molar-refractivity contribution is 9.11. The van der Waals surface area contributed by atoms with Gasteiger partial charge in [0.15, 0.2) is 0 Å². The van der Waals surface area contributed by atoms with E-state index in [4.69, 9.17) is 5.11 Å². The van der Waals surface area contributed by atoms with Gasteiger partial charge in [0, 0.05) is 11.0 Å². The fourth-order valence-electron chi connectivity index (χ4n) is 1.24. The molecule has 0 saturated heterocycles. The summed E-state index contributed by atoms with van der Waals surface area (Å²) in [5.41, 5.74) is 0.922. The van der Waals surface area contributed by atoms with Gasteiger partial charge in [-0.3, -0.25) is 0 Å². The van der Waals surface area contributed by atoms with Crippen molar-refractivity contribution < 1.29 is 14.7 Å². The van der Waals surface area contributed by atoms with Crippen LogP contribution in [0, 0.1) is 0 Å². The highest BCUT2D eigenvalue weighted by Gasteiger charge is 2.04. The Balaban J connectivity index is 2.48. The molecule has 0 saturated carbocycles. The standard InChI is InChI=1S/C12H13BrN2O3/c1-8(13)6-14-12(18)15-7-9-3-2-4-10(5-9)11(16)17/h2-5H,1,6-7H2,(H,16,17)(H2,14,15,18). The fourth-order valence-corrected chi connectivity index (χ4v) is 1.38. The summed E-state index contributed by atoms with van der Waals surface area (Å²) >= 11 is 3.12. The van der Waals surface area contributed by atoms with Crippen LogP contribution in [-0.2, 0) is 6.54 Å². The minimum Gasteiger partial charge on any atom is -0.478 e. The molecule has 0 aliphatic rings. The number of rotatable bonds is 5. The number of carbonyl (C=O) groups is 2. The van der Waals surface area contributed by atoms with E-state index in [0.717, 1.165) is 5.56 Å². The van der Waals surface area contributed by atoms with Gasteiger partial charge in [-0.1, -0.05) is 34.6 Å². The smallest absolute Gasteiger partial charge is 0.335 e. The van der Waals surface area contributed by atoms with E-state index in [0.29, 0.717) is 11.0 Å². The molecule has 1 rings (SSSR count). The van der Waals surface area contributed by atoms with Gasteiger partial charge in [0.1, 0.15) is 0 Å². The van der Waals surface area contributed by atoms with E-state index in [9.17, 15) is 9.59 Å². The lowest BCUT2D eigenvalue weighted by atomic mass is 10.1. The number of aromatic carboxylic acids is 1. The number of benzene rings is 1. The van der Waals surface area contributed by atoms with Crippen molar-refractivity contribution in [3.8, 4) is 0 Å². The maximum atomic E-state index is 11.3. The molecule has 96 valence electrons. The third-order valence-corrected chi connectivity index (χ3v) is 2.35. The van der Waals surface area contributed by atoms with Crippen molar-refractivity contribution in [2.24, 2.45) is 0 Å². The number of carboxylic acids is 1. The van der Waals surface area contributed by atoms with E-state index >= 15 is 0 Å². The second-order valence-electron chi connectivity index (χ2n) is 3.56. The van der Waals surface area contributed by atoms with Gasteiger partial charge in [-0.15, -0.1) is 0 Å². The van der Waals surface area contributed by atoms with Crippen LogP contribution >= 0.6 is 15.9 Å². The second kappa shape index (κ2) is 6.80. The lowest BCUT2D eigenvalue weighted by Crippen LogP contribution is -2.35. The molecular formula is C12H13BrN2O3. The molecule has 0 radical (unpaired) electrons. The first kappa shape index (κ1) is 14.2. The van der Waals surface area contributed by atoms with Gasteiger partial charge in [0.25, 0.3) is 0 Å². The van der Waals surface area contributed by atoms with Crippen molar-refractivity contribution in [2.75, 3.05) is 6.54 Å². The monoisotopic (exact) mass is 312 g/mol. The molecule has 0 aliphatic carbocycles. The Morgan fingerprint density at radius 3 is 2.67 bits per heavy atom. The van der Waals surface area contributed by atoms with Crippen LogP contribution in [0.5, 0.6) is 0 Å². The molecule has 2 amide bonds.